The van der Waals surface area contributed by atoms with E-state index in [0.29, 0.717) is 18.1 Å². The van der Waals surface area contributed by atoms with Gasteiger partial charge in [0, 0.05) is 0 Å². The van der Waals surface area contributed by atoms with Crippen LogP contribution >= 0.6 is 0 Å². The van der Waals surface area contributed by atoms with Crippen molar-refractivity contribution in [3.05, 3.63) is 35.4 Å². The molecule has 1 heterocycles. The summed E-state index contributed by atoms with van der Waals surface area (Å²) < 4.78 is 5.54. The molecule has 0 bridgehead atoms. The monoisotopic (exact) mass is 288 g/mol. The van der Waals surface area contributed by atoms with Crippen LogP contribution in [-0.2, 0) is 9.59 Å². The van der Waals surface area contributed by atoms with E-state index in [1.165, 1.54) is 6.08 Å². The second-order valence-electron chi connectivity index (χ2n) is 5.07. The summed E-state index contributed by atoms with van der Waals surface area (Å²) in [4.78, 5) is 34.1. The largest absolute Gasteiger partial charge is 0.493 e. The van der Waals surface area contributed by atoms with E-state index >= 15 is 0 Å². The maximum absolute atomic E-state index is 11.6. The van der Waals surface area contributed by atoms with Crippen LogP contribution in [0.1, 0.15) is 19.4 Å². The van der Waals surface area contributed by atoms with Gasteiger partial charge in [0.1, 0.15) is 11.3 Å². The van der Waals surface area contributed by atoms with Gasteiger partial charge in [-0.3, -0.25) is 20.2 Å². The van der Waals surface area contributed by atoms with E-state index in [1.54, 1.807) is 24.3 Å². The molecule has 1 aromatic carbocycles. The van der Waals surface area contributed by atoms with Gasteiger partial charge in [-0.05, 0) is 29.7 Å². The van der Waals surface area contributed by atoms with Crippen LogP contribution in [0.25, 0.3) is 6.08 Å². The molecule has 6 nitrogen and oxygen atoms in total. The van der Waals surface area contributed by atoms with Crippen molar-refractivity contribution in [3.63, 3.8) is 0 Å². The van der Waals surface area contributed by atoms with Gasteiger partial charge in [-0.25, -0.2) is 4.79 Å². The van der Waals surface area contributed by atoms with Crippen LogP contribution in [-0.4, -0.2) is 24.5 Å². The fraction of sp³-hybridized carbons (Fsp3) is 0.267. The zero-order valence-electron chi connectivity index (χ0n) is 11.8. The number of amides is 4. The van der Waals surface area contributed by atoms with Crippen LogP contribution in [0.5, 0.6) is 5.75 Å². The minimum atomic E-state index is -0.806. The molecule has 2 rings (SSSR count). The molecule has 0 aromatic heterocycles. The Morgan fingerprint density at radius 3 is 2.14 bits per heavy atom. The van der Waals surface area contributed by atoms with Gasteiger partial charge in [-0.2, -0.15) is 0 Å². The second-order valence-corrected chi connectivity index (χ2v) is 5.07. The molecule has 21 heavy (non-hydrogen) atoms. The predicted molar refractivity (Wildman–Crippen MR) is 76.4 cm³/mol. The van der Waals surface area contributed by atoms with Gasteiger partial charge < -0.3 is 4.74 Å². The molecule has 4 amide bonds. The highest BCUT2D eigenvalue weighted by Crippen LogP contribution is 2.16. The third kappa shape index (κ3) is 3.92. The van der Waals surface area contributed by atoms with Gasteiger partial charge in [0.05, 0.1) is 6.61 Å². The van der Waals surface area contributed by atoms with E-state index < -0.39 is 17.8 Å². The molecular formula is C15H16N2O4. The highest BCUT2D eigenvalue weighted by atomic mass is 16.5. The highest BCUT2D eigenvalue weighted by molar-refractivity contribution is 6.31. The van der Waals surface area contributed by atoms with Crippen LogP contribution in [0.3, 0.4) is 0 Å². The minimum Gasteiger partial charge on any atom is -0.493 e. The number of barbiturate groups is 1. The van der Waals surface area contributed by atoms with Crippen LogP contribution in [0.2, 0.25) is 0 Å². The maximum Gasteiger partial charge on any atom is 0.328 e. The van der Waals surface area contributed by atoms with Crippen molar-refractivity contribution in [1.82, 2.24) is 10.6 Å². The van der Waals surface area contributed by atoms with Gasteiger partial charge in [-0.15, -0.1) is 0 Å². The number of carbonyl (C=O) groups excluding carboxylic acids is 3. The molecule has 0 unspecified atom stereocenters. The standard InChI is InChI=1S/C15H16N2O4/c1-9(2)8-21-11-5-3-10(4-6-11)7-12-13(18)16-15(20)17-14(12)19/h3-7,9H,8H2,1-2H3,(H2,16,17,18,19,20). The second kappa shape index (κ2) is 6.21. The fourth-order valence-electron chi connectivity index (χ4n) is 1.70. The number of imide groups is 2. The number of rotatable bonds is 4. The molecule has 2 N–H and O–H groups in total. The minimum absolute atomic E-state index is 0.106. The number of benzene rings is 1. The zero-order valence-corrected chi connectivity index (χ0v) is 11.8. The lowest BCUT2D eigenvalue weighted by molar-refractivity contribution is -0.123. The molecule has 0 aliphatic carbocycles. The van der Waals surface area contributed by atoms with E-state index in [0.717, 1.165) is 5.75 Å². The number of hydrogen-bond donors (Lipinski definition) is 2. The molecule has 1 saturated heterocycles. The lowest BCUT2D eigenvalue weighted by Crippen LogP contribution is -2.51. The highest BCUT2D eigenvalue weighted by Gasteiger charge is 2.27. The summed E-state index contributed by atoms with van der Waals surface area (Å²) >= 11 is 0. The average Bonchev–Trinajstić information content (AvgIpc) is 2.41. The summed E-state index contributed by atoms with van der Waals surface area (Å²) in [5.74, 6) is -0.259. The van der Waals surface area contributed by atoms with Gasteiger partial charge >= 0.3 is 6.03 Å². The molecular weight excluding hydrogens is 272 g/mol. The van der Waals surface area contributed by atoms with E-state index in [-0.39, 0.29) is 5.57 Å². The fourth-order valence-corrected chi connectivity index (χ4v) is 1.70. The lowest BCUT2D eigenvalue weighted by Gasteiger charge is -2.14. The summed E-state index contributed by atoms with van der Waals surface area (Å²) in [5, 5.41) is 4.04. The van der Waals surface area contributed by atoms with Crippen LogP contribution in [0.15, 0.2) is 29.8 Å². The molecule has 0 atom stereocenters. The molecule has 0 spiro atoms. The summed E-state index contributed by atoms with van der Waals surface area (Å²) in [7, 11) is 0. The summed E-state index contributed by atoms with van der Waals surface area (Å²) in [6, 6.07) is 6.19. The Morgan fingerprint density at radius 2 is 1.62 bits per heavy atom. The average molecular weight is 288 g/mol. The normalized spacial score (nSPS) is 14.8. The molecule has 1 fully saturated rings. The molecule has 1 aromatic rings. The number of nitrogens with one attached hydrogen (secondary N) is 2. The van der Waals surface area contributed by atoms with Crippen LogP contribution in [0.4, 0.5) is 4.79 Å². The molecule has 1 aliphatic rings. The molecule has 6 heteroatoms. The lowest BCUT2D eigenvalue weighted by atomic mass is 10.1. The molecule has 0 radical (unpaired) electrons. The van der Waals surface area contributed by atoms with Crippen molar-refractivity contribution in [2.24, 2.45) is 5.92 Å². The Morgan fingerprint density at radius 1 is 1.05 bits per heavy atom. The smallest absolute Gasteiger partial charge is 0.328 e. The Hall–Kier alpha value is -2.63. The topological polar surface area (TPSA) is 84.5 Å². The molecule has 110 valence electrons. The van der Waals surface area contributed by atoms with Crippen molar-refractivity contribution in [2.75, 3.05) is 6.61 Å². The van der Waals surface area contributed by atoms with Crippen LogP contribution < -0.4 is 15.4 Å². The van der Waals surface area contributed by atoms with Gasteiger partial charge in [0.15, 0.2) is 0 Å². The molecule has 1 aliphatic heterocycles. The Labute approximate surface area is 122 Å². The predicted octanol–water partition coefficient (Wildman–Crippen LogP) is 1.47. The third-order valence-corrected chi connectivity index (χ3v) is 2.72. The Bertz CT molecular complexity index is 581. The van der Waals surface area contributed by atoms with Crippen LogP contribution in [0, 0.1) is 5.92 Å². The maximum atomic E-state index is 11.6. The SMILES string of the molecule is CC(C)COc1ccc(C=C2C(=O)NC(=O)NC2=O)cc1. The quantitative estimate of drug-likeness (QED) is 0.649. The van der Waals surface area contributed by atoms with Crippen molar-refractivity contribution in [3.8, 4) is 5.75 Å². The number of hydrogen-bond acceptors (Lipinski definition) is 4. The number of urea groups is 1. The Balaban J connectivity index is 2.12. The number of ether oxygens (including phenoxy) is 1. The first-order chi connectivity index (χ1) is 9.95. The van der Waals surface area contributed by atoms with E-state index in [1.807, 2.05) is 10.6 Å². The first kappa shape index (κ1) is 14.8. The van der Waals surface area contributed by atoms with Crippen molar-refractivity contribution >= 4 is 23.9 Å². The van der Waals surface area contributed by atoms with E-state index in [4.69, 9.17) is 4.74 Å². The zero-order chi connectivity index (χ0) is 15.4. The Kier molecular flexibility index (Phi) is 4.37. The summed E-state index contributed by atoms with van der Waals surface area (Å²) in [5.41, 5.74) is 0.562. The third-order valence-electron chi connectivity index (χ3n) is 2.72. The first-order valence-corrected chi connectivity index (χ1v) is 6.57. The van der Waals surface area contributed by atoms with Crippen molar-refractivity contribution < 1.29 is 19.1 Å². The van der Waals surface area contributed by atoms with Gasteiger partial charge in [-0.1, -0.05) is 26.0 Å². The van der Waals surface area contributed by atoms with Gasteiger partial charge in [0.2, 0.25) is 0 Å². The summed E-state index contributed by atoms with van der Waals surface area (Å²) in [6.07, 6.45) is 1.42. The summed E-state index contributed by atoms with van der Waals surface area (Å²) in [6.45, 7) is 4.73. The van der Waals surface area contributed by atoms with Gasteiger partial charge in [0.25, 0.3) is 11.8 Å². The van der Waals surface area contributed by atoms with Crippen molar-refractivity contribution in [2.45, 2.75) is 13.8 Å². The number of carbonyl (C=O) groups is 3. The molecule has 0 saturated carbocycles. The van der Waals surface area contributed by atoms with E-state index in [9.17, 15) is 14.4 Å². The van der Waals surface area contributed by atoms with Crippen molar-refractivity contribution in [1.29, 1.82) is 0 Å². The van der Waals surface area contributed by atoms with E-state index in [2.05, 4.69) is 13.8 Å². The first-order valence-electron chi connectivity index (χ1n) is 6.57.